The normalized spacial score (nSPS) is 9.60. The van der Waals surface area contributed by atoms with Gasteiger partial charge >= 0.3 is 0 Å². The van der Waals surface area contributed by atoms with Crippen molar-refractivity contribution in [3.8, 4) is 11.8 Å². The average molecular weight is 229 g/mol. The molecule has 0 aromatic heterocycles. The van der Waals surface area contributed by atoms with Gasteiger partial charge in [0, 0.05) is 12.3 Å². The Bertz CT molecular complexity index is 402. The third kappa shape index (κ3) is 3.53. The molecule has 0 fully saturated rings. The van der Waals surface area contributed by atoms with Gasteiger partial charge in [-0.1, -0.05) is 11.8 Å². The van der Waals surface area contributed by atoms with Gasteiger partial charge in [0.15, 0.2) is 0 Å². The molecule has 0 heterocycles. The number of hydrogen-bond donors (Lipinski definition) is 0. The quantitative estimate of drug-likeness (QED) is 0.412. The van der Waals surface area contributed by atoms with Gasteiger partial charge in [0.05, 0.1) is 5.56 Å². The lowest BCUT2D eigenvalue weighted by Crippen LogP contribution is -1.90. The molecule has 0 aliphatic carbocycles. The van der Waals surface area contributed by atoms with Gasteiger partial charge in [0.2, 0.25) is 0 Å². The van der Waals surface area contributed by atoms with E-state index in [0.29, 0.717) is 17.9 Å². The first-order valence-electron chi connectivity index (χ1n) is 4.65. The Balaban J connectivity index is 2.84. The van der Waals surface area contributed by atoms with Crippen molar-refractivity contribution in [2.24, 2.45) is 0 Å². The van der Waals surface area contributed by atoms with Crippen molar-refractivity contribution in [3.05, 3.63) is 34.9 Å². The Hall–Kier alpha value is -1.07. The fourth-order valence-electron chi connectivity index (χ4n) is 1.06. The number of aryl methyl sites for hydroxylation is 1. The molecule has 0 radical (unpaired) electrons. The molecule has 1 aromatic rings. The zero-order chi connectivity index (χ0) is 11.3. The highest BCUT2D eigenvalue weighted by Gasteiger charge is 2.04. The fraction of sp³-hybridized carbons (Fsp3) is 0.333. The summed E-state index contributed by atoms with van der Waals surface area (Å²) >= 11 is 5.46. The van der Waals surface area contributed by atoms with Crippen LogP contribution in [-0.2, 0) is 0 Å². The lowest BCUT2D eigenvalue weighted by molar-refractivity contribution is 0.590. The summed E-state index contributed by atoms with van der Waals surface area (Å²) in [5, 5.41) is 0. The third-order valence-electron chi connectivity index (χ3n) is 1.91. The second-order valence-corrected chi connectivity index (χ2v) is 3.55. The van der Waals surface area contributed by atoms with Gasteiger partial charge < -0.3 is 0 Å². The Labute approximate surface area is 93.3 Å². The summed E-state index contributed by atoms with van der Waals surface area (Å²) in [6, 6.07) is 2.28. The minimum atomic E-state index is -0.479. The van der Waals surface area contributed by atoms with Crippen LogP contribution in [0.1, 0.15) is 24.0 Å². The number of halogens is 3. The van der Waals surface area contributed by atoms with Crippen molar-refractivity contribution in [1.29, 1.82) is 0 Å². The third-order valence-corrected chi connectivity index (χ3v) is 2.17. The molecule has 0 spiro atoms. The van der Waals surface area contributed by atoms with Crippen molar-refractivity contribution in [3.63, 3.8) is 0 Å². The molecule has 0 saturated carbocycles. The molecule has 1 aromatic carbocycles. The first-order valence-corrected chi connectivity index (χ1v) is 5.19. The number of alkyl halides is 1. The molecule has 0 amide bonds. The monoisotopic (exact) mass is 228 g/mol. The zero-order valence-corrected chi connectivity index (χ0v) is 9.17. The number of unbranched alkanes of at least 4 members (excludes halogenated alkanes) is 1. The first kappa shape index (κ1) is 12.0. The van der Waals surface area contributed by atoms with Gasteiger partial charge in [-0.25, -0.2) is 8.78 Å². The molecule has 1 rings (SSSR count). The Morgan fingerprint density at radius 3 is 2.67 bits per heavy atom. The molecule has 80 valence electrons. The predicted molar refractivity (Wildman–Crippen MR) is 57.9 cm³/mol. The molecule has 0 saturated heterocycles. The average Bonchev–Trinajstić information content (AvgIpc) is 2.20. The maximum absolute atomic E-state index is 13.2. The molecular formula is C12H11ClF2. The van der Waals surface area contributed by atoms with Crippen molar-refractivity contribution in [2.45, 2.75) is 19.8 Å². The van der Waals surface area contributed by atoms with E-state index in [1.807, 2.05) is 0 Å². The highest BCUT2D eigenvalue weighted by Crippen LogP contribution is 2.13. The summed E-state index contributed by atoms with van der Waals surface area (Å²) in [7, 11) is 0. The van der Waals surface area contributed by atoms with E-state index in [4.69, 9.17) is 11.6 Å². The van der Waals surface area contributed by atoms with Crippen molar-refractivity contribution >= 4 is 11.6 Å². The van der Waals surface area contributed by atoms with E-state index in [0.717, 1.165) is 18.6 Å². The van der Waals surface area contributed by atoms with Crippen molar-refractivity contribution in [2.75, 3.05) is 5.88 Å². The van der Waals surface area contributed by atoms with Crippen LogP contribution in [0.15, 0.2) is 12.1 Å². The number of hydrogen-bond acceptors (Lipinski definition) is 0. The minimum absolute atomic E-state index is 0.104. The fourth-order valence-corrected chi connectivity index (χ4v) is 1.19. The summed E-state index contributed by atoms with van der Waals surface area (Å²) in [4.78, 5) is 0. The predicted octanol–water partition coefficient (Wildman–Crippen LogP) is 3.64. The standard InChI is InChI=1S/C12H11ClF2/c1-9-7-12(15)10(8-11(9)14)5-3-2-4-6-13/h7-8H,2,4,6H2,1H3. The summed E-state index contributed by atoms with van der Waals surface area (Å²) in [6.45, 7) is 1.52. The molecule has 0 aliphatic rings. The largest absolute Gasteiger partial charge is 0.207 e. The van der Waals surface area contributed by atoms with Gasteiger partial charge in [-0.15, -0.1) is 11.6 Å². The Morgan fingerprint density at radius 1 is 1.27 bits per heavy atom. The Kier molecular flexibility index (Phi) is 4.58. The first-order chi connectivity index (χ1) is 7.15. The van der Waals surface area contributed by atoms with E-state index < -0.39 is 11.6 Å². The highest BCUT2D eigenvalue weighted by molar-refractivity contribution is 6.17. The molecule has 0 unspecified atom stereocenters. The molecule has 15 heavy (non-hydrogen) atoms. The number of rotatable bonds is 2. The van der Waals surface area contributed by atoms with Crippen LogP contribution in [0.2, 0.25) is 0 Å². The zero-order valence-electron chi connectivity index (χ0n) is 8.41. The maximum atomic E-state index is 13.2. The molecule has 0 aliphatic heterocycles. The minimum Gasteiger partial charge on any atom is -0.207 e. The van der Waals surface area contributed by atoms with E-state index in [-0.39, 0.29) is 5.56 Å². The lowest BCUT2D eigenvalue weighted by Gasteiger charge is -1.98. The van der Waals surface area contributed by atoms with E-state index in [9.17, 15) is 8.78 Å². The van der Waals surface area contributed by atoms with Crippen LogP contribution in [0.3, 0.4) is 0 Å². The summed E-state index contributed by atoms with van der Waals surface area (Å²) < 4.78 is 26.3. The Morgan fingerprint density at radius 2 is 2.00 bits per heavy atom. The molecule has 0 atom stereocenters. The van der Waals surface area contributed by atoms with Gasteiger partial charge in [0.1, 0.15) is 11.6 Å². The van der Waals surface area contributed by atoms with Gasteiger partial charge in [0.25, 0.3) is 0 Å². The van der Waals surface area contributed by atoms with Crippen LogP contribution >= 0.6 is 11.6 Å². The smallest absolute Gasteiger partial charge is 0.139 e. The lowest BCUT2D eigenvalue weighted by atomic mass is 10.1. The molecule has 0 nitrogen and oxygen atoms in total. The maximum Gasteiger partial charge on any atom is 0.139 e. The van der Waals surface area contributed by atoms with Crippen molar-refractivity contribution in [1.82, 2.24) is 0 Å². The van der Waals surface area contributed by atoms with Gasteiger partial charge in [-0.2, -0.15) is 0 Å². The van der Waals surface area contributed by atoms with Gasteiger partial charge in [-0.3, -0.25) is 0 Å². The summed E-state index contributed by atoms with van der Waals surface area (Å²) in [5.41, 5.74) is 0.395. The van der Waals surface area contributed by atoms with Crippen LogP contribution in [0.4, 0.5) is 8.78 Å². The molecule has 0 N–H and O–H groups in total. The van der Waals surface area contributed by atoms with Crippen LogP contribution in [0, 0.1) is 30.4 Å². The second-order valence-electron chi connectivity index (χ2n) is 3.18. The van der Waals surface area contributed by atoms with E-state index >= 15 is 0 Å². The summed E-state index contributed by atoms with van der Waals surface area (Å²) in [6.07, 6.45) is 1.35. The van der Waals surface area contributed by atoms with E-state index in [1.165, 1.54) is 6.92 Å². The van der Waals surface area contributed by atoms with Crippen LogP contribution in [0.5, 0.6) is 0 Å². The highest BCUT2D eigenvalue weighted by atomic mass is 35.5. The van der Waals surface area contributed by atoms with Crippen molar-refractivity contribution < 1.29 is 8.78 Å². The van der Waals surface area contributed by atoms with Crippen LogP contribution in [-0.4, -0.2) is 5.88 Å². The molecular weight excluding hydrogens is 218 g/mol. The van der Waals surface area contributed by atoms with Gasteiger partial charge in [-0.05, 0) is 31.0 Å². The molecule has 3 heteroatoms. The van der Waals surface area contributed by atoms with E-state index in [2.05, 4.69) is 11.8 Å². The molecule has 0 bridgehead atoms. The van der Waals surface area contributed by atoms with E-state index in [1.54, 1.807) is 0 Å². The topological polar surface area (TPSA) is 0 Å². The number of benzene rings is 1. The summed E-state index contributed by atoms with van der Waals surface area (Å²) in [5.74, 6) is 4.96. The SMILES string of the molecule is Cc1cc(F)c(C#CCCCCl)cc1F. The van der Waals surface area contributed by atoms with Crippen LogP contribution < -0.4 is 0 Å². The van der Waals surface area contributed by atoms with Crippen LogP contribution in [0.25, 0.3) is 0 Å². The second kappa shape index (κ2) is 5.72.